The Morgan fingerprint density at radius 2 is 1.90 bits per heavy atom. The topological polar surface area (TPSA) is 103 Å². The van der Waals surface area contributed by atoms with Crippen molar-refractivity contribution in [3.63, 3.8) is 0 Å². The Hall–Kier alpha value is -3.27. The molecule has 0 amide bonds. The van der Waals surface area contributed by atoms with Gasteiger partial charge in [0.05, 0.1) is 10.4 Å². The highest BCUT2D eigenvalue weighted by Gasteiger charge is 2.27. The van der Waals surface area contributed by atoms with Crippen molar-refractivity contribution in [3.05, 3.63) is 83.4 Å². The zero-order chi connectivity index (χ0) is 22.0. The maximum atomic E-state index is 12.9. The summed E-state index contributed by atoms with van der Waals surface area (Å²) in [6, 6.07) is 15.2. The minimum Gasteiger partial charge on any atom is -0.361 e. The standard InChI is InChI=1S/C22H21N3O5S/c1-15-16(2)30-23-21(15)22(24-31(27,28)18-8-4-3-5-9-18)29-14-25-12-11-19-17(13-26)7-6-10-20(19)25/h3-13,22,24H,14H2,1-2H3. The molecule has 1 unspecified atom stereocenters. The minimum atomic E-state index is -3.87. The van der Waals surface area contributed by atoms with Crippen molar-refractivity contribution in [3.8, 4) is 0 Å². The molecule has 0 fully saturated rings. The van der Waals surface area contributed by atoms with E-state index in [2.05, 4.69) is 9.88 Å². The Balaban J connectivity index is 1.64. The van der Waals surface area contributed by atoms with Gasteiger partial charge in [0.2, 0.25) is 10.0 Å². The van der Waals surface area contributed by atoms with Crippen molar-refractivity contribution in [2.24, 2.45) is 0 Å². The van der Waals surface area contributed by atoms with Gasteiger partial charge in [-0.05, 0) is 38.1 Å². The SMILES string of the molecule is Cc1onc(C(NS(=O)(=O)c2ccccc2)OCn2ccc3c(C=O)cccc32)c1C. The van der Waals surface area contributed by atoms with Gasteiger partial charge in [-0.3, -0.25) is 4.79 Å². The van der Waals surface area contributed by atoms with Crippen LogP contribution >= 0.6 is 0 Å². The second kappa shape index (κ2) is 8.46. The number of ether oxygens (including phenoxy) is 1. The molecule has 0 bridgehead atoms. The largest absolute Gasteiger partial charge is 0.361 e. The van der Waals surface area contributed by atoms with E-state index in [9.17, 15) is 13.2 Å². The van der Waals surface area contributed by atoms with Gasteiger partial charge in [-0.25, -0.2) is 8.42 Å². The second-order valence-corrected chi connectivity index (χ2v) is 8.76. The van der Waals surface area contributed by atoms with E-state index in [1.54, 1.807) is 54.9 Å². The molecule has 2 aromatic carbocycles. The molecule has 0 aliphatic heterocycles. The lowest BCUT2D eigenvalue weighted by Gasteiger charge is -2.19. The lowest BCUT2D eigenvalue weighted by Crippen LogP contribution is -2.31. The lowest BCUT2D eigenvalue weighted by atomic mass is 10.1. The first-order valence-electron chi connectivity index (χ1n) is 9.55. The molecule has 1 N–H and O–H groups in total. The minimum absolute atomic E-state index is 0.0269. The Morgan fingerprint density at radius 1 is 1.13 bits per heavy atom. The third-order valence-electron chi connectivity index (χ3n) is 5.11. The summed E-state index contributed by atoms with van der Waals surface area (Å²) < 4.78 is 41.3. The molecule has 0 spiro atoms. The Labute approximate surface area is 179 Å². The van der Waals surface area contributed by atoms with Crippen molar-refractivity contribution in [1.82, 2.24) is 14.4 Å². The van der Waals surface area contributed by atoms with Crippen LogP contribution in [0.25, 0.3) is 10.9 Å². The molecule has 2 aromatic heterocycles. The van der Waals surface area contributed by atoms with Crippen LogP contribution in [0.2, 0.25) is 0 Å². The summed E-state index contributed by atoms with van der Waals surface area (Å²) in [5.74, 6) is 0.574. The predicted octanol–water partition coefficient (Wildman–Crippen LogP) is 3.71. The van der Waals surface area contributed by atoms with Crippen LogP contribution in [-0.4, -0.2) is 24.4 Å². The first-order valence-corrected chi connectivity index (χ1v) is 11.0. The molecule has 0 aliphatic carbocycles. The number of aryl methyl sites for hydroxylation is 1. The maximum Gasteiger partial charge on any atom is 0.243 e. The van der Waals surface area contributed by atoms with Crippen LogP contribution in [0.15, 0.2) is 70.2 Å². The third-order valence-corrected chi connectivity index (χ3v) is 6.53. The molecule has 4 aromatic rings. The van der Waals surface area contributed by atoms with Gasteiger partial charge in [-0.15, -0.1) is 0 Å². The van der Waals surface area contributed by atoms with Crippen LogP contribution in [0.1, 0.15) is 33.6 Å². The van der Waals surface area contributed by atoms with Crippen molar-refractivity contribution in [2.45, 2.75) is 31.7 Å². The van der Waals surface area contributed by atoms with Gasteiger partial charge in [-0.1, -0.05) is 35.5 Å². The quantitative estimate of drug-likeness (QED) is 0.332. The third kappa shape index (κ3) is 4.15. The second-order valence-electron chi connectivity index (χ2n) is 7.04. The number of aldehydes is 1. The number of aromatic nitrogens is 2. The molecule has 0 aliphatic rings. The number of nitrogens with one attached hydrogen (secondary N) is 1. The molecule has 9 heteroatoms. The monoisotopic (exact) mass is 439 g/mol. The number of benzene rings is 2. The first kappa shape index (κ1) is 21.0. The first-order chi connectivity index (χ1) is 14.9. The number of sulfonamides is 1. The van der Waals surface area contributed by atoms with E-state index in [4.69, 9.17) is 9.26 Å². The molecule has 160 valence electrons. The fourth-order valence-electron chi connectivity index (χ4n) is 3.27. The highest BCUT2D eigenvalue weighted by Crippen LogP contribution is 2.25. The Bertz CT molecular complexity index is 1330. The van der Waals surface area contributed by atoms with Gasteiger partial charge < -0.3 is 13.8 Å². The molecule has 0 saturated carbocycles. The molecule has 4 rings (SSSR count). The molecular weight excluding hydrogens is 418 g/mol. The number of carbonyl (C=O) groups is 1. The summed E-state index contributed by atoms with van der Waals surface area (Å²) in [6.45, 7) is 3.56. The maximum absolute atomic E-state index is 12.9. The van der Waals surface area contributed by atoms with Crippen molar-refractivity contribution >= 4 is 27.2 Å². The fourth-order valence-corrected chi connectivity index (χ4v) is 4.39. The zero-order valence-electron chi connectivity index (χ0n) is 17.0. The van der Waals surface area contributed by atoms with E-state index in [0.29, 0.717) is 22.6 Å². The number of nitrogens with zero attached hydrogens (tertiary/aromatic N) is 2. The normalized spacial score (nSPS) is 12.8. The van der Waals surface area contributed by atoms with Crippen LogP contribution in [0.4, 0.5) is 0 Å². The van der Waals surface area contributed by atoms with Gasteiger partial charge in [0.25, 0.3) is 0 Å². The van der Waals surface area contributed by atoms with Crippen molar-refractivity contribution < 1.29 is 22.5 Å². The molecular formula is C22H21N3O5S. The summed E-state index contributed by atoms with van der Waals surface area (Å²) >= 11 is 0. The number of rotatable bonds is 8. The van der Waals surface area contributed by atoms with Crippen molar-refractivity contribution in [2.75, 3.05) is 0 Å². The lowest BCUT2D eigenvalue weighted by molar-refractivity contribution is -0.00323. The van der Waals surface area contributed by atoms with Crippen molar-refractivity contribution in [1.29, 1.82) is 0 Å². The Kier molecular flexibility index (Phi) is 5.73. The van der Waals surface area contributed by atoms with Gasteiger partial charge in [0.15, 0.2) is 12.5 Å². The van der Waals surface area contributed by atoms with Gasteiger partial charge in [0, 0.05) is 22.7 Å². The zero-order valence-corrected chi connectivity index (χ0v) is 17.8. The summed E-state index contributed by atoms with van der Waals surface area (Å²) in [6.07, 6.45) is 1.50. The molecule has 8 nitrogen and oxygen atoms in total. The van der Waals surface area contributed by atoms with Gasteiger partial charge >= 0.3 is 0 Å². The number of hydrogen-bond donors (Lipinski definition) is 1. The van der Waals surface area contributed by atoms with E-state index in [0.717, 1.165) is 17.2 Å². The van der Waals surface area contributed by atoms with E-state index < -0.39 is 16.3 Å². The number of carbonyl (C=O) groups excluding carboxylic acids is 1. The molecule has 31 heavy (non-hydrogen) atoms. The Morgan fingerprint density at radius 3 is 2.58 bits per heavy atom. The van der Waals surface area contributed by atoms with E-state index >= 15 is 0 Å². The van der Waals surface area contributed by atoms with E-state index in [1.807, 2.05) is 12.1 Å². The number of fused-ring (bicyclic) bond motifs is 1. The average Bonchev–Trinajstić information content (AvgIpc) is 3.35. The van der Waals surface area contributed by atoms with Crippen LogP contribution in [0, 0.1) is 13.8 Å². The van der Waals surface area contributed by atoms with E-state index in [1.165, 1.54) is 12.1 Å². The highest BCUT2D eigenvalue weighted by molar-refractivity contribution is 7.89. The summed E-state index contributed by atoms with van der Waals surface area (Å²) in [4.78, 5) is 11.4. The summed E-state index contributed by atoms with van der Waals surface area (Å²) in [5.41, 5.74) is 2.41. The predicted molar refractivity (Wildman–Crippen MR) is 114 cm³/mol. The fraction of sp³-hybridized carbons (Fsp3) is 0.182. The molecule has 2 heterocycles. The van der Waals surface area contributed by atoms with E-state index in [-0.39, 0.29) is 11.6 Å². The summed E-state index contributed by atoms with van der Waals surface area (Å²) in [7, 11) is -3.87. The van der Waals surface area contributed by atoms with Gasteiger partial charge in [-0.2, -0.15) is 4.72 Å². The van der Waals surface area contributed by atoms with Crippen LogP contribution < -0.4 is 4.72 Å². The highest BCUT2D eigenvalue weighted by atomic mass is 32.2. The average molecular weight is 439 g/mol. The van der Waals surface area contributed by atoms with Crippen LogP contribution in [0.3, 0.4) is 0 Å². The van der Waals surface area contributed by atoms with Crippen LogP contribution in [0.5, 0.6) is 0 Å². The molecule has 1 atom stereocenters. The molecule has 0 radical (unpaired) electrons. The van der Waals surface area contributed by atoms with Crippen LogP contribution in [-0.2, 0) is 21.5 Å². The number of hydrogen-bond acceptors (Lipinski definition) is 6. The van der Waals surface area contributed by atoms with Gasteiger partial charge in [0.1, 0.15) is 18.2 Å². The summed E-state index contributed by atoms with van der Waals surface area (Å²) in [5, 5.41) is 4.79. The smallest absolute Gasteiger partial charge is 0.243 e. The molecule has 0 saturated heterocycles.